The first-order valence-corrected chi connectivity index (χ1v) is 7.61. The zero-order chi connectivity index (χ0) is 14.8. The average molecular weight is 283 g/mol. The maximum absolute atomic E-state index is 6.09. The van der Waals surface area contributed by atoms with Crippen LogP contribution in [0.4, 0.5) is 0 Å². The van der Waals surface area contributed by atoms with E-state index in [2.05, 4.69) is 24.0 Å². The molecule has 3 rings (SSSR count). The lowest BCUT2D eigenvalue weighted by molar-refractivity contribution is 0.0500. The molecule has 0 saturated heterocycles. The second-order valence-electron chi connectivity index (χ2n) is 5.47. The van der Waals surface area contributed by atoms with Crippen molar-refractivity contribution in [1.82, 2.24) is 4.98 Å². The maximum atomic E-state index is 6.09. The van der Waals surface area contributed by atoms with Crippen LogP contribution in [0.3, 0.4) is 0 Å². The molecule has 1 atom stereocenters. The highest BCUT2D eigenvalue weighted by molar-refractivity contribution is 6.03. The zero-order valence-corrected chi connectivity index (χ0v) is 12.8. The van der Waals surface area contributed by atoms with Gasteiger partial charge in [-0.1, -0.05) is 25.5 Å². The van der Waals surface area contributed by atoms with Crippen LogP contribution in [0, 0.1) is 6.92 Å². The molecule has 0 spiro atoms. The van der Waals surface area contributed by atoms with Crippen molar-refractivity contribution in [2.45, 2.75) is 39.7 Å². The number of aryl methyl sites for hydroxylation is 1. The topological polar surface area (TPSA) is 35.3 Å². The van der Waals surface area contributed by atoms with E-state index in [4.69, 9.17) is 9.15 Å². The van der Waals surface area contributed by atoms with Crippen LogP contribution in [-0.2, 0) is 4.74 Å². The van der Waals surface area contributed by atoms with Crippen LogP contribution in [0.15, 0.2) is 34.7 Å². The minimum Gasteiger partial charge on any atom is -0.458 e. The molecule has 0 aliphatic carbocycles. The second kappa shape index (κ2) is 5.86. The van der Waals surface area contributed by atoms with Crippen molar-refractivity contribution in [2.75, 3.05) is 6.61 Å². The first-order chi connectivity index (χ1) is 10.2. The van der Waals surface area contributed by atoms with Gasteiger partial charge in [0.05, 0.1) is 5.52 Å². The summed E-state index contributed by atoms with van der Waals surface area (Å²) in [6.45, 7) is 7.00. The van der Waals surface area contributed by atoms with E-state index in [0.29, 0.717) is 0 Å². The van der Waals surface area contributed by atoms with Crippen LogP contribution < -0.4 is 0 Å². The van der Waals surface area contributed by atoms with Gasteiger partial charge in [0.25, 0.3) is 0 Å². The molecule has 0 aliphatic rings. The normalized spacial score (nSPS) is 13.1. The highest BCUT2D eigenvalue weighted by Crippen LogP contribution is 2.32. The highest BCUT2D eigenvalue weighted by Gasteiger charge is 2.15. The summed E-state index contributed by atoms with van der Waals surface area (Å²) in [7, 11) is 0. The SMILES string of the molecule is CCCCOC(C)c1cc2c(C)nc3ccccc3c2o1. The number of benzene rings is 1. The zero-order valence-electron chi connectivity index (χ0n) is 12.8. The molecular formula is C18H21NO2. The van der Waals surface area contributed by atoms with Crippen LogP contribution in [0.25, 0.3) is 21.9 Å². The molecule has 0 N–H and O–H groups in total. The number of pyridine rings is 1. The molecule has 3 nitrogen and oxygen atoms in total. The van der Waals surface area contributed by atoms with Crippen LogP contribution in [0.5, 0.6) is 0 Å². The van der Waals surface area contributed by atoms with E-state index in [1.165, 1.54) is 0 Å². The van der Waals surface area contributed by atoms with E-state index in [-0.39, 0.29) is 6.10 Å². The molecule has 0 fully saturated rings. The van der Waals surface area contributed by atoms with Crippen molar-refractivity contribution in [3.05, 3.63) is 41.8 Å². The predicted molar refractivity (Wildman–Crippen MR) is 85.5 cm³/mol. The summed E-state index contributed by atoms with van der Waals surface area (Å²) in [5, 5.41) is 2.14. The Kier molecular flexibility index (Phi) is 3.93. The molecule has 2 aromatic heterocycles. The standard InChI is InChI=1S/C18H21NO2/c1-4-5-10-20-13(3)17-11-15-12(2)19-16-9-7-6-8-14(16)18(15)21-17/h6-9,11,13H,4-5,10H2,1-3H3. The van der Waals surface area contributed by atoms with E-state index < -0.39 is 0 Å². The summed E-state index contributed by atoms with van der Waals surface area (Å²) < 4.78 is 11.9. The number of ether oxygens (including phenoxy) is 1. The van der Waals surface area contributed by atoms with Gasteiger partial charge in [-0.2, -0.15) is 0 Å². The fourth-order valence-corrected chi connectivity index (χ4v) is 2.57. The van der Waals surface area contributed by atoms with Gasteiger partial charge < -0.3 is 9.15 Å². The predicted octanol–water partition coefficient (Wildman–Crippen LogP) is 5.17. The number of para-hydroxylation sites is 1. The van der Waals surface area contributed by atoms with Gasteiger partial charge in [0.1, 0.15) is 17.4 Å². The maximum Gasteiger partial charge on any atom is 0.145 e. The summed E-state index contributed by atoms with van der Waals surface area (Å²) in [5.41, 5.74) is 2.89. The molecular weight excluding hydrogens is 262 g/mol. The number of hydrogen-bond acceptors (Lipinski definition) is 3. The summed E-state index contributed by atoms with van der Waals surface area (Å²) in [5.74, 6) is 0.877. The van der Waals surface area contributed by atoms with E-state index in [1.807, 2.05) is 32.0 Å². The fourth-order valence-electron chi connectivity index (χ4n) is 2.57. The van der Waals surface area contributed by atoms with Crippen molar-refractivity contribution < 1.29 is 9.15 Å². The van der Waals surface area contributed by atoms with Crippen LogP contribution in [0.1, 0.15) is 44.2 Å². The molecule has 0 radical (unpaired) electrons. The number of nitrogens with zero attached hydrogens (tertiary/aromatic N) is 1. The number of furan rings is 1. The van der Waals surface area contributed by atoms with E-state index >= 15 is 0 Å². The first-order valence-electron chi connectivity index (χ1n) is 7.61. The van der Waals surface area contributed by atoms with E-state index in [9.17, 15) is 0 Å². The number of aromatic nitrogens is 1. The highest BCUT2D eigenvalue weighted by atomic mass is 16.5. The number of fused-ring (bicyclic) bond motifs is 3. The van der Waals surface area contributed by atoms with Gasteiger partial charge in [-0.3, -0.25) is 4.98 Å². The lowest BCUT2D eigenvalue weighted by Crippen LogP contribution is -1.99. The summed E-state index contributed by atoms with van der Waals surface area (Å²) in [6, 6.07) is 10.2. The van der Waals surface area contributed by atoms with Crippen LogP contribution in [0.2, 0.25) is 0 Å². The van der Waals surface area contributed by atoms with Crippen LogP contribution in [-0.4, -0.2) is 11.6 Å². The van der Waals surface area contributed by atoms with Crippen molar-refractivity contribution in [1.29, 1.82) is 0 Å². The Balaban J connectivity index is 2.03. The third-order valence-electron chi connectivity index (χ3n) is 3.84. The molecule has 21 heavy (non-hydrogen) atoms. The molecule has 0 aliphatic heterocycles. The minimum atomic E-state index is -0.0258. The minimum absolute atomic E-state index is 0.0258. The Labute approximate surface area is 124 Å². The summed E-state index contributed by atoms with van der Waals surface area (Å²) in [6.07, 6.45) is 2.19. The molecule has 0 bridgehead atoms. The number of unbranched alkanes of at least 4 members (excludes halogenated alkanes) is 1. The molecule has 1 unspecified atom stereocenters. The molecule has 2 heterocycles. The molecule has 3 aromatic rings. The van der Waals surface area contributed by atoms with Crippen molar-refractivity contribution in [3.8, 4) is 0 Å². The smallest absolute Gasteiger partial charge is 0.145 e. The summed E-state index contributed by atoms with van der Waals surface area (Å²) >= 11 is 0. The Morgan fingerprint density at radius 1 is 1.24 bits per heavy atom. The average Bonchev–Trinajstić information content (AvgIpc) is 2.94. The van der Waals surface area contributed by atoms with Crippen molar-refractivity contribution in [2.24, 2.45) is 0 Å². The fraction of sp³-hybridized carbons (Fsp3) is 0.389. The molecule has 1 aromatic carbocycles. The van der Waals surface area contributed by atoms with Gasteiger partial charge >= 0.3 is 0 Å². The first kappa shape index (κ1) is 14.1. The lowest BCUT2D eigenvalue weighted by atomic mass is 10.1. The molecule has 3 heteroatoms. The van der Waals surface area contributed by atoms with E-state index in [0.717, 1.165) is 52.8 Å². The molecule has 110 valence electrons. The van der Waals surface area contributed by atoms with E-state index in [1.54, 1.807) is 0 Å². The third-order valence-corrected chi connectivity index (χ3v) is 3.84. The Bertz CT molecular complexity index is 760. The third kappa shape index (κ3) is 2.66. The lowest BCUT2D eigenvalue weighted by Gasteiger charge is -2.09. The second-order valence-corrected chi connectivity index (χ2v) is 5.47. The van der Waals surface area contributed by atoms with Crippen molar-refractivity contribution in [3.63, 3.8) is 0 Å². The van der Waals surface area contributed by atoms with Gasteiger partial charge in [-0.25, -0.2) is 0 Å². The van der Waals surface area contributed by atoms with Gasteiger partial charge in [-0.05, 0) is 38.5 Å². The largest absolute Gasteiger partial charge is 0.458 e. The Morgan fingerprint density at radius 2 is 2.05 bits per heavy atom. The Morgan fingerprint density at radius 3 is 2.86 bits per heavy atom. The quantitative estimate of drug-likeness (QED) is 0.606. The van der Waals surface area contributed by atoms with Gasteiger partial charge in [0.15, 0.2) is 0 Å². The van der Waals surface area contributed by atoms with Gasteiger partial charge in [-0.15, -0.1) is 0 Å². The summed E-state index contributed by atoms with van der Waals surface area (Å²) in [4.78, 5) is 4.65. The Hall–Kier alpha value is -1.87. The van der Waals surface area contributed by atoms with Crippen LogP contribution >= 0.6 is 0 Å². The number of hydrogen-bond donors (Lipinski definition) is 0. The number of rotatable bonds is 5. The van der Waals surface area contributed by atoms with Gasteiger partial charge in [0.2, 0.25) is 0 Å². The molecule has 0 amide bonds. The molecule has 0 saturated carbocycles. The van der Waals surface area contributed by atoms with Crippen molar-refractivity contribution >= 4 is 21.9 Å². The monoisotopic (exact) mass is 283 g/mol. The van der Waals surface area contributed by atoms with Gasteiger partial charge in [0, 0.05) is 23.1 Å².